The average Bonchev–Trinajstić information content (AvgIpc) is 2.73. The number of nitrogens with zero attached hydrogens (tertiary/aromatic N) is 1. The second-order valence-electron chi connectivity index (χ2n) is 4.50. The molecule has 0 amide bonds. The van der Waals surface area contributed by atoms with Crippen molar-refractivity contribution in [1.29, 1.82) is 0 Å². The predicted octanol–water partition coefficient (Wildman–Crippen LogP) is 2.74. The molecule has 1 aromatic rings. The molecule has 1 aliphatic rings. The third kappa shape index (κ3) is 3.60. The maximum atomic E-state index is 11.2. The molecule has 0 bridgehead atoms. The zero-order valence-corrected chi connectivity index (χ0v) is 11.7. The van der Waals surface area contributed by atoms with Crippen LogP contribution in [0, 0.1) is 6.92 Å². The van der Waals surface area contributed by atoms with E-state index in [1.54, 1.807) is 6.92 Å². The molecule has 1 atom stereocenters. The lowest BCUT2D eigenvalue weighted by molar-refractivity contribution is -0.161. The number of aryl methyl sites for hydroxylation is 1. The molecule has 0 aromatic carbocycles. The van der Waals surface area contributed by atoms with Crippen molar-refractivity contribution in [3.05, 3.63) is 15.6 Å². The number of Topliss-reactive ketones (excluding diaryl/α,β-unsaturated/α-hetero) is 1. The Hall–Kier alpha value is -0.780. The van der Waals surface area contributed by atoms with Crippen LogP contribution in [0.25, 0.3) is 0 Å². The standard InChI is InChI=1S/C13H19NO3S/c1-9-11(18-13(14-9)10(2)15)6-8-17-12-5-3-4-7-16-12/h12H,3-8H2,1-2H3/t12-/m0/s1. The van der Waals surface area contributed by atoms with Crippen LogP contribution in [-0.2, 0) is 15.9 Å². The van der Waals surface area contributed by atoms with Crippen LogP contribution in [0.1, 0.15) is 46.6 Å². The molecule has 0 aliphatic carbocycles. The van der Waals surface area contributed by atoms with Gasteiger partial charge >= 0.3 is 0 Å². The van der Waals surface area contributed by atoms with E-state index < -0.39 is 0 Å². The van der Waals surface area contributed by atoms with Crippen LogP contribution in [0.4, 0.5) is 0 Å². The zero-order chi connectivity index (χ0) is 13.0. The van der Waals surface area contributed by atoms with Crippen LogP contribution >= 0.6 is 11.3 Å². The quantitative estimate of drug-likeness (QED) is 0.771. The molecule has 0 spiro atoms. The molecular formula is C13H19NO3S. The van der Waals surface area contributed by atoms with E-state index in [0.29, 0.717) is 11.6 Å². The summed E-state index contributed by atoms with van der Waals surface area (Å²) in [5, 5.41) is 0.594. The summed E-state index contributed by atoms with van der Waals surface area (Å²) in [5.41, 5.74) is 0.943. The first-order valence-corrected chi connectivity index (χ1v) is 7.19. The fourth-order valence-electron chi connectivity index (χ4n) is 1.94. The van der Waals surface area contributed by atoms with Gasteiger partial charge in [-0.3, -0.25) is 4.79 Å². The van der Waals surface area contributed by atoms with E-state index in [2.05, 4.69) is 4.98 Å². The van der Waals surface area contributed by atoms with E-state index in [-0.39, 0.29) is 12.1 Å². The number of ether oxygens (including phenoxy) is 2. The molecule has 1 fully saturated rings. The lowest BCUT2D eigenvalue weighted by Crippen LogP contribution is -2.23. The molecule has 2 heterocycles. The van der Waals surface area contributed by atoms with Crippen molar-refractivity contribution in [3.63, 3.8) is 0 Å². The van der Waals surface area contributed by atoms with Crippen LogP contribution in [0.15, 0.2) is 0 Å². The van der Waals surface area contributed by atoms with Crippen molar-refractivity contribution >= 4 is 17.1 Å². The lowest BCUT2D eigenvalue weighted by atomic mass is 10.2. The van der Waals surface area contributed by atoms with Gasteiger partial charge in [-0.05, 0) is 26.2 Å². The van der Waals surface area contributed by atoms with Crippen molar-refractivity contribution in [3.8, 4) is 0 Å². The molecular weight excluding hydrogens is 250 g/mol. The van der Waals surface area contributed by atoms with Gasteiger partial charge in [0.15, 0.2) is 17.1 Å². The highest BCUT2D eigenvalue weighted by atomic mass is 32.1. The topological polar surface area (TPSA) is 48.4 Å². The molecule has 1 aliphatic heterocycles. The second kappa shape index (κ2) is 6.41. The lowest BCUT2D eigenvalue weighted by Gasteiger charge is -2.22. The van der Waals surface area contributed by atoms with E-state index in [1.807, 2.05) is 6.92 Å². The first-order valence-electron chi connectivity index (χ1n) is 6.37. The van der Waals surface area contributed by atoms with Crippen LogP contribution in [-0.4, -0.2) is 30.3 Å². The number of ketones is 1. The zero-order valence-electron chi connectivity index (χ0n) is 10.9. The number of hydrogen-bond acceptors (Lipinski definition) is 5. The summed E-state index contributed by atoms with van der Waals surface area (Å²) >= 11 is 1.47. The minimum Gasteiger partial charge on any atom is -0.353 e. The summed E-state index contributed by atoms with van der Waals surface area (Å²) in [6.07, 6.45) is 4.06. The number of carbonyl (C=O) groups excluding carboxylic acids is 1. The van der Waals surface area contributed by atoms with E-state index >= 15 is 0 Å². The van der Waals surface area contributed by atoms with E-state index in [9.17, 15) is 4.79 Å². The Bertz CT molecular complexity index is 410. The molecule has 2 rings (SSSR count). The molecule has 0 N–H and O–H groups in total. The number of carbonyl (C=O) groups is 1. The molecule has 4 nitrogen and oxygen atoms in total. The molecule has 1 aromatic heterocycles. The summed E-state index contributed by atoms with van der Waals surface area (Å²) in [7, 11) is 0. The highest BCUT2D eigenvalue weighted by molar-refractivity contribution is 7.13. The van der Waals surface area contributed by atoms with Crippen LogP contribution < -0.4 is 0 Å². The van der Waals surface area contributed by atoms with Gasteiger partial charge in [-0.1, -0.05) is 0 Å². The van der Waals surface area contributed by atoms with Crippen molar-refractivity contribution in [2.45, 2.75) is 45.8 Å². The van der Waals surface area contributed by atoms with Gasteiger partial charge in [0.25, 0.3) is 0 Å². The highest BCUT2D eigenvalue weighted by Gasteiger charge is 2.15. The summed E-state index contributed by atoms with van der Waals surface area (Å²) in [4.78, 5) is 16.6. The minimum atomic E-state index is -0.0424. The Morgan fingerprint density at radius 2 is 2.39 bits per heavy atom. The van der Waals surface area contributed by atoms with Gasteiger partial charge in [0.05, 0.1) is 12.3 Å². The van der Waals surface area contributed by atoms with Crippen LogP contribution in [0.5, 0.6) is 0 Å². The molecule has 100 valence electrons. The highest BCUT2D eigenvalue weighted by Crippen LogP contribution is 2.20. The fraction of sp³-hybridized carbons (Fsp3) is 0.692. The van der Waals surface area contributed by atoms with Crippen molar-refractivity contribution in [2.24, 2.45) is 0 Å². The van der Waals surface area contributed by atoms with Crippen molar-refractivity contribution in [2.75, 3.05) is 13.2 Å². The molecule has 0 radical (unpaired) electrons. The predicted molar refractivity (Wildman–Crippen MR) is 70.1 cm³/mol. The van der Waals surface area contributed by atoms with Gasteiger partial charge in [-0.25, -0.2) is 4.98 Å². The maximum Gasteiger partial charge on any atom is 0.188 e. The first-order chi connectivity index (χ1) is 8.66. The van der Waals surface area contributed by atoms with Crippen molar-refractivity contribution in [1.82, 2.24) is 4.98 Å². The van der Waals surface area contributed by atoms with E-state index in [1.165, 1.54) is 17.8 Å². The van der Waals surface area contributed by atoms with Crippen LogP contribution in [0.2, 0.25) is 0 Å². The number of thiazole rings is 1. The SMILES string of the molecule is CC(=O)c1nc(C)c(CCO[C@H]2CCCCO2)s1. The van der Waals surface area contributed by atoms with Gasteiger partial charge in [-0.2, -0.15) is 0 Å². The fourth-order valence-corrected chi connectivity index (χ4v) is 2.87. The summed E-state index contributed by atoms with van der Waals surface area (Å²) < 4.78 is 11.2. The number of aromatic nitrogens is 1. The first kappa shape index (κ1) is 13.6. The van der Waals surface area contributed by atoms with Gasteiger partial charge < -0.3 is 9.47 Å². The van der Waals surface area contributed by atoms with Crippen LogP contribution in [0.3, 0.4) is 0 Å². The third-order valence-electron chi connectivity index (χ3n) is 2.96. The Morgan fingerprint density at radius 1 is 1.56 bits per heavy atom. The summed E-state index contributed by atoms with van der Waals surface area (Å²) in [6, 6.07) is 0. The van der Waals surface area contributed by atoms with E-state index in [4.69, 9.17) is 9.47 Å². The third-order valence-corrected chi connectivity index (χ3v) is 4.28. The molecule has 0 saturated carbocycles. The maximum absolute atomic E-state index is 11.2. The Balaban J connectivity index is 1.80. The van der Waals surface area contributed by atoms with Gasteiger partial charge in [0, 0.05) is 24.8 Å². The Labute approximate surface area is 111 Å². The average molecular weight is 269 g/mol. The molecule has 0 unspecified atom stereocenters. The second-order valence-corrected chi connectivity index (χ2v) is 5.58. The largest absolute Gasteiger partial charge is 0.353 e. The monoisotopic (exact) mass is 269 g/mol. The molecule has 1 saturated heterocycles. The normalized spacial score (nSPS) is 20.0. The summed E-state index contributed by atoms with van der Waals surface area (Å²) in [5.74, 6) is 0.0332. The van der Waals surface area contributed by atoms with Crippen molar-refractivity contribution < 1.29 is 14.3 Å². The molecule has 5 heteroatoms. The van der Waals surface area contributed by atoms with E-state index in [0.717, 1.165) is 36.4 Å². The van der Waals surface area contributed by atoms with Gasteiger partial charge in [-0.15, -0.1) is 11.3 Å². The number of rotatable bonds is 5. The summed E-state index contributed by atoms with van der Waals surface area (Å²) in [6.45, 7) is 4.92. The Morgan fingerprint density at radius 3 is 3.00 bits per heavy atom. The number of hydrogen-bond donors (Lipinski definition) is 0. The minimum absolute atomic E-state index is 0.0332. The smallest absolute Gasteiger partial charge is 0.188 e. The Kier molecular flexibility index (Phi) is 4.86. The molecule has 18 heavy (non-hydrogen) atoms. The van der Waals surface area contributed by atoms with Gasteiger partial charge in [0.1, 0.15) is 0 Å². The van der Waals surface area contributed by atoms with Gasteiger partial charge in [0.2, 0.25) is 0 Å².